The van der Waals surface area contributed by atoms with Crippen molar-refractivity contribution in [3.63, 3.8) is 0 Å². The van der Waals surface area contributed by atoms with E-state index >= 15 is 0 Å². The quantitative estimate of drug-likeness (QED) is 0.632. The lowest BCUT2D eigenvalue weighted by Crippen LogP contribution is -2.54. The first kappa shape index (κ1) is 21.4. The van der Waals surface area contributed by atoms with Crippen LogP contribution < -0.4 is 4.90 Å². The Balaban J connectivity index is 1.23. The predicted octanol–water partition coefficient (Wildman–Crippen LogP) is 2.94. The van der Waals surface area contributed by atoms with E-state index in [1.54, 1.807) is 42.6 Å². The van der Waals surface area contributed by atoms with Gasteiger partial charge >= 0.3 is 0 Å². The van der Waals surface area contributed by atoms with Crippen molar-refractivity contribution < 1.29 is 9.90 Å². The summed E-state index contributed by atoms with van der Waals surface area (Å²) >= 11 is 12.0. The van der Waals surface area contributed by atoms with E-state index in [1.165, 1.54) is 0 Å². The molecule has 2 aromatic carbocycles. The number of piperazine rings is 1. The number of hydrogen-bond acceptors (Lipinski definition) is 6. The van der Waals surface area contributed by atoms with Crippen LogP contribution in [0.15, 0.2) is 48.7 Å². The minimum Gasteiger partial charge on any atom is -0.390 e. The summed E-state index contributed by atoms with van der Waals surface area (Å²) in [6.45, 7) is 3.84. The molecule has 2 aliphatic rings. The molecule has 0 spiro atoms. The second kappa shape index (κ2) is 8.83. The van der Waals surface area contributed by atoms with E-state index in [2.05, 4.69) is 14.8 Å². The molecule has 3 heterocycles. The highest BCUT2D eigenvalue weighted by Crippen LogP contribution is 2.25. The fraction of sp³-hybridized carbons (Fsp3) is 0.348. The molecule has 1 aromatic heterocycles. The number of carbonyl (C=O) groups is 1. The largest absolute Gasteiger partial charge is 0.390 e. The van der Waals surface area contributed by atoms with Crippen LogP contribution in [-0.4, -0.2) is 82.2 Å². The molecule has 0 aliphatic carbocycles. The monoisotopic (exact) mass is 471 g/mol. The molecule has 32 heavy (non-hydrogen) atoms. The molecular weight excluding hydrogens is 449 g/mol. The minimum atomic E-state index is -0.495. The lowest BCUT2D eigenvalue weighted by molar-refractivity contribution is 0.0376. The number of β-amino-alcohol motifs (C(OH)–C–C–N with tert-alkyl or cyclic N) is 1. The first-order valence-electron chi connectivity index (χ1n) is 10.6. The van der Waals surface area contributed by atoms with E-state index in [-0.39, 0.29) is 11.9 Å². The number of rotatable bonds is 3. The lowest BCUT2D eigenvalue weighted by atomic mass is 10.1. The van der Waals surface area contributed by atoms with Crippen LogP contribution in [0, 0.1) is 0 Å². The number of amides is 1. The van der Waals surface area contributed by atoms with Gasteiger partial charge < -0.3 is 14.9 Å². The third-order valence-corrected chi connectivity index (χ3v) is 6.72. The van der Waals surface area contributed by atoms with Crippen LogP contribution in [0.4, 0.5) is 5.82 Å². The van der Waals surface area contributed by atoms with Crippen LogP contribution in [0.2, 0.25) is 10.0 Å². The Morgan fingerprint density at radius 2 is 1.66 bits per heavy atom. The van der Waals surface area contributed by atoms with Crippen LogP contribution in [0.1, 0.15) is 10.4 Å². The molecule has 0 unspecified atom stereocenters. The molecule has 0 radical (unpaired) electrons. The van der Waals surface area contributed by atoms with Gasteiger partial charge in [-0.2, -0.15) is 0 Å². The van der Waals surface area contributed by atoms with Crippen LogP contribution in [-0.2, 0) is 0 Å². The van der Waals surface area contributed by atoms with Gasteiger partial charge in [-0.15, -0.1) is 0 Å². The highest BCUT2D eigenvalue weighted by molar-refractivity contribution is 6.31. The fourth-order valence-electron chi connectivity index (χ4n) is 4.47. The zero-order chi connectivity index (χ0) is 22.2. The van der Waals surface area contributed by atoms with Crippen molar-refractivity contribution in [2.45, 2.75) is 12.1 Å². The molecule has 9 heteroatoms. The van der Waals surface area contributed by atoms with Gasteiger partial charge in [0, 0.05) is 54.9 Å². The van der Waals surface area contributed by atoms with Gasteiger partial charge in [0.15, 0.2) is 0 Å². The van der Waals surface area contributed by atoms with Gasteiger partial charge in [0.2, 0.25) is 0 Å². The number of anilines is 1. The second-order valence-electron chi connectivity index (χ2n) is 8.24. The van der Waals surface area contributed by atoms with Crippen LogP contribution in [0.25, 0.3) is 11.0 Å². The molecule has 5 rings (SSSR count). The Labute approximate surface area is 196 Å². The van der Waals surface area contributed by atoms with E-state index in [0.717, 1.165) is 16.9 Å². The van der Waals surface area contributed by atoms with Gasteiger partial charge in [-0.25, -0.2) is 4.98 Å². The number of benzene rings is 2. The number of nitrogens with zero attached hydrogens (tertiary/aromatic N) is 5. The van der Waals surface area contributed by atoms with Crippen molar-refractivity contribution in [2.75, 3.05) is 44.2 Å². The van der Waals surface area contributed by atoms with Gasteiger partial charge in [0.05, 0.1) is 29.4 Å². The number of hydrogen-bond donors (Lipinski definition) is 1. The standard InChI is InChI=1S/C23H23Cl2N5O2/c24-16-3-1-15(2-4-16)23(32)29-9-7-28(8-10-29)20-13-30(14-21(20)31)22-12-26-18-6-5-17(25)11-19(18)27-22/h1-6,11-12,20-21,31H,7-10,13-14H2/t20-,21-/m0/s1. The summed E-state index contributed by atoms with van der Waals surface area (Å²) in [5, 5.41) is 12.0. The van der Waals surface area contributed by atoms with Crippen LogP contribution in [0.5, 0.6) is 0 Å². The summed E-state index contributed by atoms with van der Waals surface area (Å²) in [4.78, 5) is 28.1. The zero-order valence-electron chi connectivity index (χ0n) is 17.4. The first-order chi connectivity index (χ1) is 15.5. The van der Waals surface area contributed by atoms with E-state index < -0.39 is 6.10 Å². The summed E-state index contributed by atoms with van der Waals surface area (Å²) < 4.78 is 0. The third-order valence-electron chi connectivity index (χ3n) is 6.24. The van der Waals surface area contributed by atoms with Crippen molar-refractivity contribution >= 4 is 46.0 Å². The van der Waals surface area contributed by atoms with Gasteiger partial charge in [-0.1, -0.05) is 23.2 Å². The Hall–Kier alpha value is -2.45. The Bertz CT molecular complexity index is 1130. The number of aromatic nitrogens is 2. The number of aliphatic hydroxyl groups excluding tert-OH is 1. The highest BCUT2D eigenvalue weighted by atomic mass is 35.5. The molecule has 0 saturated carbocycles. The third kappa shape index (κ3) is 4.26. The Morgan fingerprint density at radius 3 is 2.41 bits per heavy atom. The Morgan fingerprint density at radius 1 is 0.938 bits per heavy atom. The number of fused-ring (bicyclic) bond motifs is 1. The maximum Gasteiger partial charge on any atom is 0.253 e. The molecule has 2 atom stereocenters. The van der Waals surface area contributed by atoms with Gasteiger partial charge in [-0.3, -0.25) is 14.7 Å². The smallest absolute Gasteiger partial charge is 0.253 e. The SMILES string of the molecule is O=C(c1ccc(Cl)cc1)N1CCN([C@H]2CN(c3cnc4ccc(Cl)cc4n3)C[C@@H]2O)CC1. The van der Waals surface area contributed by atoms with Crippen molar-refractivity contribution in [1.82, 2.24) is 19.8 Å². The fourth-order valence-corrected chi connectivity index (χ4v) is 4.77. The lowest BCUT2D eigenvalue weighted by Gasteiger charge is -2.38. The summed E-state index contributed by atoms with van der Waals surface area (Å²) in [6, 6.07) is 12.4. The van der Waals surface area contributed by atoms with E-state index in [0.29, 0.717) is 54.9 Å². The average Bonchev–Trinajstić information content (AvgIpc) is 3.20. The van der Waals surface area contributed by atoms with E-state index in [4.69, 9.17) is 28.2 Å². The van der Waals surface area contributed by atoms with Crippen LogP contribution in [0.3, 0.4) is 0 Å². The van der Waals surface area contributed by atoms with E-state index in [9.17, 15) is 9.90 Å². The van der Waals surface area contributed by atoms with Crippen LogP contribution >= 0.6 is 23.2 Å². The second-order valence-corrected chi connectivity index (χ2v) is 9.11. The first-order valence-corrected chi connectivity index (χ1v) is 11.4. The minimum absolute atomic E-state index is 0.0139. The molecule has 3 aromatic rings. The molecular formula is C23H23Cl2N5O2. The topological polar surface area (TPSA) is 72.8 Å². The van der Waals surface area contributed by atoms with Crippen molar-refractivity contribution in [1.29, 1.82) is 0 Å². The van der Waals surface area contributed by atoms with E-state index in [1.807, 2.05) is 11.0 Å². The molecule has 1 N–H and O–H groups in total. The summed E-state index contributed by atoms with van der Waals surface area (Å²) in [6.07, 6.45) is 1.25. The molecule has 2 fully saturated rings. The number of halogens is 2. The maximum atomic E-state index is 12.8. The molecule has 0 bridgehead atoms. The molecule has 166 valence electrons. The summed E-state index contributed by atoms with van der Waals surface area (Å²) in [5.41, 5.74) is 2.17. The van der Waals surface area contributed by atoms with Gasteiger partial charge in [-0.05, 0) is 42.5 Å². The van der Waals surface area contributed by atoms with Gasteiger partial charge in [0.25, 0.3) is 5.91 Å². The molecule has 7 nitrogen and oxygen atoms in total. The number of aliphatic hydroxyl groups is 1. The van der Waals surface area contributed by atoms with Crippen molar-refractivity contribution in [2.24, 2.45) is 0 Å². The van der Waals surface area contributed by atoms with Crippen molar-refractivity contribution in [3.05, 3.63) is 64.3 Å². The van der Waals surface area contributed by atoms with Gasteiger partial charge in [0.1, 0.15) is 5.82 Å². The highest BCUT2D eigenvalue weighted by Gasteiger charge is 2.38. The zero-order valence-corrected chi connectivity index (χ0v) is 18.9. The normalized spacial score (nSPS) is 22.0. The summed E-state index contributed by atoms with van der Waals surface area (Å²) in [7, 11) is 0. The molecule has 2 saturated heterocycles. The van der Waals surface area contributed by atoms with Crippen molar-refractivity contribution in [3.8, 4) is 0 Å². The maximum absolute atomic E-state index is 12.8. The molecule has 2 aliphatic heterocycles. The average molecular weight is 472 g/mol. The Kier molecular flexibility index (Phi) is 5.90. The summed E-state index contributed by atoms with van der Waals surface area (Å²) in [5.74, 6) is 0.748. The molecule has 1 amide bonds. The predicted molar refractivity (Wildman–Crippen MR) is 125 cm³/mol. The number of carbonyl (C=O) groups excluding carboxylic acids is 1.